The maximum atomic E-state index is 6.70. The molecule has 5 heterocycles. The number of benzene rings is 4. The number of hydrogen-bond acceptors (Lipinski definition) is 7. The molecule has 0 saturated heterocycles. The van der Waals surface area contributed by atoms with Crippen LogP contribution in [0.2, 0.25) is 0 Å². The van der Waals surface area contributed by atoms with Crippen molar-refractivity contribution in [3.63, 3.8) is 0 Å². The van der Waals surface area contributed by atoms with Crippen molar-refractivity contribution >= 4 is 64.0 Å². The first-order valence-corrected chi connectivity index (χ1v) is 20.7. The van der Waals surface area contributed by atoms with E-state index < -0.39 is 0 Å². The van der Waals surface area contributed by atoms with E-state index in [0.717, 1.165) is 51.6 Å². The second-order valence-corrected chi connectivity index (χ2v) is 18.7. The maximum Gasteiger partial charge on any atom is -0.0345 e. The van der Waals surface area contributed by atoms with Crippen molar-refractivity contribution in [2.24, 2.45) is 0 Å². The third kappa shape index (κ3) is 6.80. The summed E-state index contributed by atoms with van der Waals surface area (Å²) in [6.07, 6.45) is 7.64. The zero-order valence-electron chi connectivity index (χ0n) is 32.6. The van der Waals surface area contributed by atoms with Crippen LogP contribution in [0.15, 0.2) is 146 Å². The van der Waals surface area contributed by atoms with Gasteiger partial charge in [-0.1, -0.05) is 57.2 Å². The van der Waals surface area contributed by atoms with E-state index in [9.17, 15) is 0 Å². The van der Waals surface area contributed by atoms with Gasteiger partial charge in [-0.05, 0) is 40.3 Å². The van der Waals surface area contributed by atoms with Gasteiger partial charge in [-0.2, -0.15) is 0 Å². The van der Waals surface area contributed by atoms with Crippen molar-refractivity contribution in [3.05, 3.63) is 157 Å². The zero-order valence-corrected chi connectivity index (χ0v) is 34.3. The van der Waals surface area contributed by atoms with Crippen LogP contribution in [0, 0.1) is 0 Å². The van der Waals surface area contributed by atoms with Crippen molar-refractivity contribution in [2.75, 3.05) is 21.4 Å². The summed E-state index contributed by atoms with van der Waals surface area (Å²) in [6.45, 7) is 14.1. The molecule has 0 saturated carbocycles. The largest absolute Gasteiger partial charge is 0.0345 e. The predicted octanol–water partition coefficient (Wildman–Crippen LogP) is 10.6. The van der Waals surface area contributed by atoms with Crippen LogP contribution in [-0.4, -0.2) is 36.6 Å². The number of fused-ring (bicyclic) bond motifs is 3. The molecule has 2 aliphatic rings. The predicted molar refractivity (Wildman–Crippen MR) is 231 cm³/mol. The summed E-state index contributed by atoms with van der Waals surface area (Å²) in [4.78, 5) is 21.2. The fourth-order valence-corrected chi connectivity index (χ4v) is 9.43. The molecule has 0 aliphatic carbocycles. The third-order valence-electron chi connectivity index (χ3n) is 10.4. The molecule has 0 unspecified atom stereocenters. The minimum atomic E-state index is -0.0232. The van der Waals surface area contributed by atoms with Gasteiger partial charge in [-0.3, -0.25) is 0 Å². The fraction of sp³-hybridized carbons (Fsp3) is 0.188. The van der Waals surface area contributed by atoms with E-state index in [1.807, 2.05) is 36.9 Å². The molecule has 0 atom stereocenters. The van der Waals surface area contributed by atoms with Gasteiger partial charge in [0.2, 0.25) is 0 Å². The molecular weight excluding hydrogens is 756 g/mol. The molecule has 56 heavy (non-hydrogen) atoms. The van der Waals surface area contributed by atoms with E-state index >= 15 is 0 Å². The van der Waals surface area contributed by atoms with Gasteiger partial charge in [0.25, 0.3) is 0 Å². The van der Waals surface area contributed by atoms with E-state index in [0.29, 0.717) is 6.67 Å². The molecule has 4 aromatic carbocycles. The average Bonchev–Trinajstić information content (AvgIpc) is 3.60. The topological polar surface area (TPSA) is 57.6 Å². The maximum absolute atomic E-state index is 6.70. The Balaban J connectivity index is 1.05. The molecule has 0 bridgehead atoms. The summed E-state index contributed by atoms with van der Waals surface area (Å²) in [5.41, 5.74) is 10.3. The Labute approximate surface area is 335 Å². The van der Waals surface area contributed by atoms with E-state index in [2.05, 4.69) is 170 Å². The van der Waals surface area contributed by atoms with Crippen molar-refractivity contribution in [3.8, 4) is 22.6 Å². The van der Waals surface area contributed by atoms with Crippen LogP contribution >= 0.6 is 0 Å². The Hall–Kier alpha value is -5.95. The van der Waals surface area contributed by atoms with Crippen molar-refractivity contribution < 1.29 is 4.74 Å². The number of anilines is 7. The molecule has 9 rings (SSSR count). The van der Waals surface area contributed by atoms with Gasteiger partial charge in [-0.15, -0.1) is 0 Å². The number of hydrogen-bond donors (Lipinski definition) is 0. The Morgan fingerprint density at radius 3 is 2.20 bits per heavy atom. The first-order valence-electron chi connectivity index (χ1n) is 19.0. The summed E-state index contributed by atoms with van der Waals surface area (Å²) in [7, 11) is 0. The van der Waals surface area contributed by atoms with Crippen LogP contribution in [0.4, 0.5) is 40.1 Å². The summed E-state index contributed by atoms with van der Waals surface area (Å²) in [5, 5.41) is 0. The molecule has 278 valence electrons. The molecule has 0 spiro atoms. The van der Waals surface area contributed by atoms with E-state index in [-0.39, 0.29) is 25.8 Å². The molecule has 7 aromatic rings. The van der Waals surface area contributed by atoms with Crippen LogP contribution in [-0.2, 0) is 10.8 Å². The average molecular weight is 800 g/mol. The zero-order chi connectivity index (χ0) is 38.6. The molecular formula is C48H44N6OSe. The number of aromatic nitrogens is 3. The van der Waals surface area contributed by atoms with Gasteiger partial charge < -0.3 is 0 Å². The van der Waals surface area contributed by atoms with Crippen LogP contribution in [0.5, 0.6) is 11.5 Å². The number of rotatable bonds is 6. The Morgan fingerprint density at radius 1 is 0.554 bits per heavy atom. The van der Waals surface area contributed by atoms with Gasteiger partial charge in [0.05, 0.1) is 0 Å². The second kappa shape index (κ2) is 14.0. The summed E-state index contributed by atoms with van der Waals surface area (Å²) in [6, 6.07) is 42.9. The first-order chi connectivity index (χ1) is 27.0. The van der Waals surface area contributed by atoms with E-state index in [1.165, 1.54) is 31.2 Å². The van der Waals surface area contributed by atoms with Crippen LogP contribution in [0.1, 0.15) is 52.7 Å². The van der Waals surface area contributed by atoms with Crippen LogP contribution in [0.3, 0.4) is 0 Å². The van der Waals surface area contributed by atoms with Gasteiger partial charge in [0, 0.05) is 0 Å². The summed E-state index contributed by atoms with van der Waals surface area (Å²) < 4.78 is 9.18. The number of pyridine rings is 3. The van der Waals surface area contributed by atoms with Crippen LogP contribution in [0.25, 0.3) is 11.1 Å². The van der Waals surface area contributed by atoms with Crippen molar-refractivity contribution in [1.82, 2.24) is 15.0 Å². The van der Waals surface area contributed by atoms with Gasteiger partial charge >= 0.3 is 240 Å². The summed E-state index contributed by atoms with van der Waals surface area (Å²) >= 11 is 0.0891. The molecule has 0 fully saturated rings. The number of ether oxygens (including phenoxy) is 1. The monoisotopic (exact) mass is 800 g/mol. The Kier molecular flexibility index (Phi) is 8.91. The third-order valence-corrected chi connectivity index (χ3v) is 12.7. The fourth-order valence-electron chi connectivity index (χ4n) is 7.32. The van der Waals surface area contributed by atoms with Crippen LogP contribution < -0.4 is 28.4 Å². The Bertz CT molecular complexity index is 2580. The second-order valence-electron chi connectivity index (χ2n) is 16.4. The molecule has 0 amide bonds. The van der Waals surface area contributed by atoms with E-state index in [4.69, 9.17) is 14.7 Å². The summed E-state index contributed by atoms with van der Waals surface area (Å²) in [5.74, 6) is 3.32. The molecule has 2 aliphatic heterocycles. The smallest absolute Gasteiger partial charge is 0.0345 e. The number of nitrogens with zero attached hydrogens (tertiary/aromatic N) is 6. The SMILES string of the molecule is CC(C)(C)c1cc(-c2ccccc2)cc(N2CN(c3cccc(Oc4ccc5c(c4)N(c4cc(C(C)(C)C)ccn4)c4ccncc4[Se]5)c3)c3ncccc32)c1. The Morgan fingerprint density at radius 2 is 1.38 bits per heavy atom. The van der Waals surface area contributed by atoms with Crippen molar-refractivity contribution in [2.45, 2.75) is 52.4 Å². The van der Waals surface area contributed by atoms with E-state index in [1.54, 1.807) is 0 Å². The molecule has 3 aromatic heterocycles. The minimum Gasteiger partial charge on any atom is -0.0345 e. The van der Waals surface area contributed by atoms with Gasteiger partial charge in [0.1, 0.15) is 0 Å². The molecule has 0 radical (unpaired) electrons. The van der Waals surface area contributed by atoms with Gasteiger partial charge in [-0.25, -0.2) is 0 Å². The minimum absolute atomic E-state index is 0.0126. The molecule has 7 nitrogen and oxygen atoms in total. The quantitative estimate of drug-likeness (QED) is 0.155. The van der Waals surface area contributed by atoms with Gasteiger partial charge in [0.15, 0.2) is 0 Å². The molecule has 0 N–H and O–H groups in total. The normalized spacial score (nSPS) is 13.6. The first kappa shape index (κ1) is 35.7. The van der Waals surface area contributed by atoms with Crippen molar-refractivity contribution in [1.29, 1.82) is 0 Å². The standard InChI is InChI=1S/C48H44N6OSe/c1-47(2,3)34-19-23-50-45(27-34)54-40-20-22-49-30-44(40)56-43-18-17-39(29-42(43)54)55-38-15-10-14-36(28-38)53-31-52(41-16-11-21-51-46(41)53)37-25-33(32-12-8-7-9-13-32)24-35(26-37)48(4,5)6/h7-30H,31H2,1-6H3. The molecule has 8 heteroatoms.